The van der Waals surface area contributed by atoms with Crippen LogP contribution in [0, 0.1) is 17.8 Å². The van der Waals surface area contributed by atoms with Crippen LogP contribution in [-0.4, -0.2) is 53.2 Å². The first-order chi connectivity index (χ1) is 24.0. The summed E-state index contributed by atoms with van der Waals surface area (Å²) >= 11 is 0. The molecule has 0 radical (unpaired) electrons. The SMILES string of the molecule is C[C@@H]1CC(c2ccncc2N)C[C@H](C)C1O[Si](C)(C)C(C)(C)C.C[C@H]1C[C@H](c2ccncc2N)C[C@H](O[Si](C)(C)C(C)(C)C)[C@@H]1O[Si](C)(C)C(C)(C)C. The van der Waals surface area contributed by atoms with Crippen LogP contribution in [-0.2, 0) is 13.3 Å². The highest BCUT2D eigenvalue weighted by Crippen LogP contribution is 2.48. The minimum absolute atomic E-state index is 0.0985. The van der Waals surface area contributed by atoms with Crippen molar-refractivity contribution in [3.63, 3.8) is 0 Å². The molecule has 53 heavy (non-hydrogen) atoms. The molecule has 4 rings (SSSR count). The maximum absolute atomic E-state index is 7.06. The monoisotopic (exact) mass is 785 g/mol. The molecule has 0 saturated heterocycles. The Morgan fingerprint density at radius 2 is 0.849 bits per heavy atom. The van der Waals surface area contributed by atoms with Crippen LogP contribution in [0.4, 0.5) is 11.4 Å². The molecule has 2 fully saturated rings. The summed E-state index contributed by atoms with van der Waals surface area (Å²) < 4.78 is 20.9. The van der Waals surface area contributed by atoms with Crippen LogP contribution < -0.4 is 11.5 Å². The van der Waals surface area contributed by atoms with Gasteiger partial charge < -0.3 is 24.7 Å². The molecule has 10 heteroatoms. The van der Waals surface area contributed by atoms with Crippen molar-refractivity contribution in [2.45, 2.75) is 193 Å². The van der Waals surface area contributed by atoms with E-state index in [1.165, 1.54) is 11.1 Å². The summed E-state index contributed by atoms with van der Waals surface area (Å²) in [7, 11) is -5.57. The van der Waals surface area contributed by atoms with E-state index in [9.17, 15) is 0 Å². The van der Waals surface area contributed by atoms with Crippen LogP contribution in [0.2, 0.25) is 54.4 Å². The van der Waals surface area contributed by atoms with Gasteiger partial charge in [-0.05, 0) is 133 Å². The fourth-order valence-electron chi connectivity index (χ4n) is 7.50. The predicted octanol–water partition coefficient (Wildman–Crippen LogP) is 12.2. The fraction of sp³-hybridized carbons (Fsp3) is 0.767. The summed E-state index contributed by atoms with van der Waals surface area (Å²) in [5.41, 5.74) is 16.6. The summed E-state index contributed by atoms with van der Waals surface area (Å²) in [6.07, 6.45) is 12.2. The van der Waals surface area contributed by atoms with Gasteiger partial charge in [-0.25, -0.2) is 0 Å². The van der Waals surface area contributed by atoms with Crippen molar-refractivity contribution in [3.05, 3.63) is 48.0 Å². The second-order valence-corrected chi connectivity index (χ2v) is 35.6. The Balaban J connectivity index is 0.000000295. The van der Waals surface area contributed by atoms with Crippen LogP contribution in [0.1, 0.15) is 132 Å². The fourth-order valence-corrected chi connectivity index (χ4v) is 11.8. The Bertz CT molecular complexity index is 1470. The highest BCUT2D eigenvalue weighted by atomic mass is 28.4. The minimum Gasteiger partial charge on any atom is -0.413 e. The third-order valence-electron chi connectivity index (χ3n) is 13.9. The summed E-state index contributed by atoms with van der Waals surface area (Å²) in [5, 5.41) is 0.611. The van der Waals surface area contributed by atoms with E-state index in [-0.39, 0.29) is 27.3 Å². The van der Waals surface area contributed by atoms with Gasteiger partial charge in [-0.3, -0.25) is 9.97 Å². The summed E-state index contributed by atoms with van der Waals surface area (Å²) in [6.45, 7) is 42.0. The van der Waals surface area contributed by atoms with Gasteiger partial charge in [0, 0.05) is 12.4 Å². The summed E-state index contributed by atoms with van der Waals surface area (Å²) in [6, 6.07) is 4.18. The van der Waals surface area contributed by atoms with Crippen molar-refractivity contribution in [2.24, 2.45) is 17.8 Å². The molecule has 0 spiro atoms. The summed E-state index contributed by atoms with van der Waals surface area (Å²) in [4.78, 5) is 8.32. The molecule has 0 aromatic carbocycles. The average molecular weight is 785 g/mol. The van der Waals surface area contributed by atoms with Crippen molar-refractivity contribution >= 4 is 36.3 Å². The molecule has 0 bridgehead atoms. The molecule has 0 amide bonds. The van der Waals surface area contributed by atoms with Crippen molar-refractivity contribution in [1.82, 2.24) is 9.97 Å². The number of nitrogens with two attached hydrogens (primary N) is 2. The van der Waals surface area contributed by atoms with E-state index in [1.54, 1.807) is 12.4 Å². The van der Waals surface area contributed by atoms with Gasteiger partial charge in [0.05, 0.1) is 42.1 Å². The Kier molecular flexibility index (Phi) is 14.6. The minimum atomic E-state index is -1.94. The zero-order valence-electron chi connectivity index (χ0n) is 37.2. The molecule has 2 saturated carbocycles. The second-order valence-electron chi connectivity index (χ2n) is 21.4. The number of nitrogens with zero attached hydrogens (tertiary/aromatic N) is 2. The molecular formula is C43H80N4O3Si3. The Morgan fingerprint density at radius 1 is 0.528 bits per heavy atom. The van der Waals surface area contributed by atoms with Crippen molar-refractivity contribution in [3.8, 4) is 0 Å². The van der Waals surface area contributed by atoms with E-state index in [0.29, 0.717) is 35.7 Å². The molecule has 2 unspecified atom stereocenters. The number of nitrogen functional groups attached to an aromatic ring is 2. The van der Waals surface area contributed by atoms with Crippen LogP contribution in [0.5, 0.6) is 0 Å². The van der Waals surface area contributed by atoms with Gasteiger partial charge in [0.25, 0.3) is 0 Å². The number of anilines is 2. The lowest BCUT2D eigenvalue weighted by molar-refractivity contribution is -0.0304. The topological polar surface area (TPSA) is 106 Å². The number of rotatable bonds is 8. The van der Waals surface area contributed by atoms with Crippen molar-refractivity contribution in [2.75, 3.05) is 11.5 Å². The molecular weight excluding hydrogens is 705 g/mol. The van der Waals surface area contributed by atoms with Crippen molar-refractivity contribution in [1.29, 1.82) is 0 Å². The van der Waals surface area contributed by atoms with Crippen LogP contribution in [0.3, 0.4) is 0 Å². The van der Waals surface area contributed by atoms with Crippen LogP contribution in [0.25, 0.3) is 0 Å². The maximum atomic E-state index is 7.06. The van der Waals surface area contributed by atoms with Gasteiger partial charge in [-0.1, -0.05) is 83.1 Å². The Labute approximate surface area is 328 Å². The van der Waals surface area contributed by atoms with Gasteiger partial charge >= 0.3 is 0 Å². The van der Waals surface area contributed by atoms with E-state index < -0.39 is 25.0 Å². The van der Waals surface area contributed by atoms with Crippen molar-refractivity contribution < 1.29 is 13.3 Å². The number of hydrogen-bond donors (Lipinski definition) is 2. The molecule has 0 aliphatic heterocycles. The number of hydrogen-bond acceptors (Lipinski definition) is 7. The van der Waals surface area contributed by atoms with E-state index >= 15 is 0 Å². The lowest BCUT2D eigenvalue weighted by atomic mass is 9.72. The maximum Gasteiger partial charge on any atom is 0.192 e. The van der Waals surface area contributed by atoms with Gasteiger partial charge in [-0.15, -0.1) is 0 Å². The highest BCUT2D eigenvalue weighted by Gasteiger charge is 2.49. The van der Waals surface area contributed by atoms with Crippen LogP contribution in [0.15, 0.2) is 36.9 Å². The predicted molar refractivity (Wildman–Crippen MR) is 235 cm³/mol. The second kappa shape index (κ2) is 16.9. The first-order valence-electron chi connectivity index (χ1n) is 20.4. The van der Waals surface area contributed by atoms with Gasteiger partial charge in [-0.2, -0.15) is 0 Å². The molecule has 2 aromatic heterocycles. The lowest BCUT2D eigenvalue weighted by Gasteiger charge is -2.50. The number of pyridine rings is 2. The van der Waals surface area contributed by atoms with E-state index in [2.05, 4.69) is 144 Å². The molecule has 302 valence electrons. The van der Waals surface area contributed by atoms with E-state index in [1.807, 2.05) is 12.4 Å². The van der Waals surface area contributed by atoms with E-state index in [0.717, 1.165) is 37.1 Å². The zero-order chi connectivity index (χ0) is 40.5. The first-order valence-corrected chi connectivity index (χ1v) is 29.1. The highest BCUT2D eigenvalue weighted by molar-refractivity contribution is 6.75. The molecule has 2 aliphatic carbocycles. The zero-order valence-corrected chi connectivity index (χ0v) is 40.2. The smallest absolute Gasteiger partial charge is 0.192 e. The normalized spacial score (nSPS) is 27.9. The van der Waals surface area contributed by atoms with Gasteiger partial charge in [0.2, 0.25) is 0 Å². The first kappa shape index (κ1) is 45.8. The van der Waals surface area contributed by atoms with Gasteiger partial charge in [0.1, 0.15) is 0 Å². The number of aromatic nitrogens is 2. The largest absolute Gasteiger partial charge is 0.413 e. The molecule has 2 heterocycles. The third kappa shape index (κ3) is 11.3. The molecule has 8 atom stereocenters. The average Bonchev–Trinajstić information content (AvgIpc) is 2.99. The third-order valence-corrected chi connectivity index (χ3v) is 27.4. The molecule has 2 aromatic rings. The molecule has 4 N–H and O–H groups in total. The Hall–Kier alpha value is -1.57. The lowest BCUT2D eigenvalue weighted by Crippen LogP contribution is -2.55. The summed E-state index contributed by atoms with van der Waals surface area (Å²) in [5.74, 6) is 2.45. The Morgan fingerprint density at radius 3 is 1.21 bits per heavy atom. The van der Waals surface area contributed by atoms with Crippen LogP contribution >= 0.6 is 0 Å². The van der Waals surface area contributed by atoms with E-state index in [4.69, 9.17) is 24.7 Å². The molecule has 2 aliphatic rings. The quantitative estimate of drug-likeness (QED) is 0.257. The molecule has 7 nitrogen and oxygen atoms in total. The van der Waals surface area contributed by atoms with Gasteiger partial charge in [0.15, 0.2) is 25.0 Å². The standard InChI is InChI=1S/C24H46N2O2Si2.C19H34N2OSi/c1-17-14-18(19-12-13-26-16-20(19)25)15-21(27-29(8,9)23(2,3)4)22(17)28-30(10,11)24(5,6)7;1-13-10-15(16-8-9-21-12-17(16)20)11-14(2)18(13)22-23(6,7)19(3,4)5/h12-13,16-18,21-22H,14-15,25H2,1-11H3;8-9,12-15,18H,10-11,20H2,1-7H3/t17-,18-,21-,22+;13-,14+,15?,18?/m0./s1.